The highest BCUT2D eigenvalue weighted by atomic mass is 16.7. The molecule has 0 saturated carbocycles. The Morgan fingerprint density at radius 2 is 1.89 bits per heavy atom. The third kappa shape index (κ3) is 3.05. The van der Waals surface area contributed by atoms with E-state index in [1.54, 1.807) is 20.8 Å². The van der Waals surface area contributed by atoms with Crippen molar-refractivity contribution in [3.8, 4) is 0 Å². The number of rotatable bonds is 7. The van der Waals surface area contributed by atoms with Crippen molar-refractivity contribution in [3.05, 3.63) is 0 Å². The van der Waals surface area contributed by atoms with Crippen LogP contribution in [0.15, 0.2) is 0 Å². The Balaban J connectivity index is 2.52. The number of ether oxygens (including phenoxy) is 1. The molecule has 1 amide bonds. The average Bonchev–Trinajstić information content (AvgIpc) is 2.62. The minimum absolute atomic E-state index is 0.209. The van der Waals surface area contributed by atoms with Gasteiger partial charge in [0, 0.05) is 6.42 Å². The molecular weight excluding hydrogens is 250 g/mol. The first-order valence-corrected chi connectivity index (χ1v) is 6.71. The summed E-state index contributed by atoms with van der Waals surface area (Å²) in [6, 6.07) is 0. The second-order valence-electron chi connectivity index (χ2n) is 4.48. The Morgan fingerprint density at radius 3 is 2.37 bits per heavy atom. The van der Waals surface area contributed by atoms with Crippen LogP contribution in [0.5, 0.6) is 0 Å². The SMILES string of the molecule is CCOC(=O)CCCN1OC(=O)C(CC)(CC)C1=O. The lowest BCUT2D eigenvalue weighted by Crippen LogP contribution is -2.36. The van der Waals surface area contributed by atoms with E-state index in [-0.39, 0.29) is 24.8 Å². The molecule has 19 heavy (non-hydrogen) atoms. The number of hydroxylamine groups is 2. The number of carbonyl (C=O) groups excluding carboxylic acids is 3. The topological polar surface area (TPSA) is 72.9 Å². The molecule has 0 spiro atoms. The molecule has 1 fully saturated rings. The summed E-state index contributed by atoms with van der Waals surface area (Å²) in [6.07, 6.45) is 1.48. The average molecular weight is 271 g/mol. The van der Waals surface area contributed by atoms with Crippen LogP contribution in [0, 0.1) is 5.41 Å². The lowest BCUT2D eigenvalue weighted by atomic mass is 9.82. The second-order valence-corrected chi connectivity index (χ2v) is 4.48. The summed E-state index contributed by atoms with van der Waals surface area (Å²) < 4.78 is 4.79. The molecule has 0 aliphatic carbocycles. The van der Waals surface area contributed by atoms with Gasteiger partial charge < -0.3 is 9.57 Å². The predicted molar refractivity (Wildman–Crippen MR) is 66.7 cm³/mol. The Hall–Kier alpha value is -1.59. The predicted octanol–water partition coefficient (Wildman–Crippen LogP) is 1.44. The zero-order chi connectivity index (χ0) is 14.5. The van der Waals surface area contributed by atoms with E-state index in [1.807, 2.05) is 0 Å². The van der Waals surface area contributed by atoms with Crippen LogP contribution < -0.4 is 0 Å². The van der Waals surface area contributed by atoms with Gasteiger partial charge in [-0.25, -0.2) is 4.79 Å². The number of hydrogen-bond donors (Lipinski definition) is 0. The van der Waals surface area contributed by atoms with Crippen molar-refractivity contribution < 1.29 is 24.0 Å². The van der Waals surface area contributed by atoms with Crippen molar-refractivity contribution in [2.45, 2.75) is 46.5 Å². The van der Waals surface area contributed by atoms with Gasteiger partial charge >= 0.3 is 11.9 Å². The van der Waals surface area contributed by atoms with E-state index in [9.17, 15) is 14.4 Å². The molecule has 1 aliphatic heterocycles. The van der Waals surface area contributed by atoms with Crippen LogP contribution in [-0.4, -0.2) is 36.1 Å². The molecule has 0 aromatic heterocycles. The van der Waals surface area contributed by atoms with Crippen LogP contribution in [0.1, 0.15) is 46.5 Å². The third-order valence-corrected chi connectivity index (χ3v) is 3.47. The van der Waals surface area contributed by atoms with E-state index in [2.05, 4.69) is 0 Å². The van der Waals surface area contributed by atoms with Crippen molar-refractivity contribution >= 4 is 17.8 Å². The molecular formula is C13H21NO5. The van der Waals surface area contributed by atoms with Crippen molar-refractivity contribution in [3.63, 3.8) is 0 Å². The van der Waals surface area contributed by atoms with Crippen LogP contribution in [-0.2, 0) is 24.0 Å². The number of hydrogen-bond acceptors (Lipinski definition) is 5. The summed E-state index contributed by atoms with van der Waals surface area (Å²) in [6.45, 7) is 5.90. The number of carbonyl (C=O) groups is 3. The summed E-state index contributed by atoms with van der Waals surface area (Å²) in [4.78, 5) is 40.1. The molecule has 0 N–H and O–H groups in total. The molecule has 1 heterocycles. The van der Waals surface area contributed by atoms with Crippen molar-refractivity contribution in [1.82, 2.24) is 5.06 Å². The maximum Gasteiger partial charge on any atom is 0.348 e. The minimum atomic E-state index is -1.04. The third-order valence-electron chi connectivity index (χ3n) is 3.47. The van der Waals surface area contributed by atoms with Crippen LogP contribution in [0.3, 0.4) is 0 Å². The number of nitrogens with zero attached hydrogens (tertiary/aromatic N) is 1. The lowest BCUT2D eigenvalue weighted by Gasteiger charge is -2.18. The van der Waals surface area contributed by atoms with E-state index in [0.29, 0.717) is 25.9 Å². The Morgan fingerprint density at radius 1 is 1.26 bits per heavy atom. The molecule has 0 atom stereocenters. The first-order valence-electron chi connectivity index (χ1n) is 6.71. The molecule has 108 valence electrons. The number of amides is 1. The van der Waals surface area contributed by atoms with E-state index < -0.39 is 11.4 Å². The Labute approximate surface area is 113 Å². The quantitative estimate of drug-likeness (QED) is 0.517. The normalized spacial score (nSPS) is 17.5. The van der Waals surface area contributed by atoms with Gasteiger partial charge in [0.1, 0.15) is 0 Å². The second kappa shape index (κ2) is 6.54. The minimum Gasteiger partial charge on any atom is -0.466 e. The standard InChI is InChI=1S/C13H21NO5/c1-4-13(5-2)11(16)14(19-12(13)17)9-7-8-10(15)18-6-3/h4-9H2,1-3H3. The summed E-state index contributed by atoms with van der Waals surface area (Å²) in [7, 11) is 0. The summed E-state index contributed by atoms with van der Waals surface area (Å²) in [5.74, 6) is -1.09. The van der Waals surface area contributed by atoms with Crippen molar-refractivity contribution in [2.75, 3.05) is 13.2 Å². The molecule has 6 nitrogen and oxygen atoms in total. The van der Waals surface area contributed by atoms with Crippen LogP contribution >= 0.6 is 0 Å². The van der Waals surface area contributed by atoms with Gasteiger partial charge in [0.25, 0.3) is 5.91 Å². The summed E-state index contributed by atoms with van der Waals surface area (Å²) >= 11 is 0. The van der Waals surface area contributed by atoms with Gasteiger partial charge in [-0.05, 0) is 26.2 Å². The van der Waals surface area contributed by atoms with Gasteiger partial charge in [0.05, 0.1) is 13.2 Å². The van der Waals surface area contributed by atoms with Gasteiger partial charge in [0.2, 0.25) is 0 Å². The van der Waals surface area contributed by atoms with E-state index >= 15 is 0 Å². The maximum atomic E-state index is 12.2. The molecule has 1 aliphatic rings. The highest BCUT2D eigenvalue weighted by molar-refractivity contribution is 6.06. The van der Waals surface area contributed by atoms with Gasteiger partial charge in [-0.1, -0.05) is 13.8 Å². The molecule has 0 bridgehead atoms. The molecule has 0 aromatic rings. The Bertz CT molecular complexity index is 362. The fourth-order valence-electron chi connectivity index (χ4n) is 2.14. The molecule has 6 heteroatoms. The van der Waals surface area contributed by atoms with Gasteiger partial charge in [0.15, 0.2) is 5.41 Å². The van der Waals surface area contributed by atoms with Crippen LogP contribution in [0.25, 0.3) is 0 Å². The van der Waals surface area contributed by atoms with Crippen LogP contribution in [0.4, 0.5) is 0 Å². The van der Waals surface area contributed by atoms with E-state index in [1.165, 1.54) is 0 Å². The van der Waals surface area contributed by atoms with Crippen LogP contribution in [0.2, 0.25) is 0 Å². The largest absolute Gasteiger partial charge is 0.466 e. The fraction of sp³-hybridized carbons (Fsp3) is 0.769. The van der Waals surface area contributed by atoms with E-state index in [0.717, 1.165) is 5.06 Å². The zero-order valence-electron chi connectivity index (χ0n) is 11.7. The monoisotopic (exact) mass is 271 g/mol. The van der Waals surface area contributed by atoms with Gasteiger partial charge in [-0.2, -0.15) is 5.06 Å². The first kappa shape index (κ1) is 15.5. The molecule has 0 aromatic carbocycles. The lowest BCUT2D eigenvalue weighted by molar-refractivity contribution is -0.178. The fourth-order valence-corrected chi connectivity index (χ4v) is 2.14. The highest BCUT2D eigenvalue weighted by Gasteiger charge is 2.54. The van der Waals surface area contributed by atoms with Gasteiger partial charge in [-0.3, -0.25) is 9.59 Å². The number of esters is 1. The summed E-state index contributed by atoms with van der Waals surface area (Å²) in [5.41, 5.74) is -1.04. The van der Waals surface area contributed by atoms with Crippen molar-refractivity contribution in [2.24, 2.45) is 5.41 Å². The smallest absolute Gasteiger partial charge is 0.348 e. The first-order chi connectivity index (χ1) is 9.01. The highest BCUT2D eigenvalue weighted by Crippen LogP contribution is 2.36. The molecule has 0 radical (unpaired) electrons. The molecule has 1 rings (SSSR count). The zero-order valence-corrected chi connectivity index (χ0v) is 11.7. The Kier molecular flexibility index (Phi) is 5.32. The summed E-state index contributed by atoms with van der Waals surface area (Å²) in [5, 5.41) is 1.08. The van der Waals surface area contributed by atoms with Crippen molar-refractivity contribution in [1.29, 1.82) is 0 Å². The molecule has 1 saturated heterocycles. The van der Waals surface area contributed by atoms with E-state index in [4.69, 9.17) is 9.57 Å². The molecule has 0 unspecified atom stereocenters. The van der Waals surface area contributed by atoms with Gasteiger partial charge in [-0.15, -0.1) is 0 Å². The maximum absolute atomic E-state index is 12.2.